The van der Waals surface area contributed by atoms with Crippen molar-refractivity contribution in [3.05, 3.63) is 71.1 Å². The summed E-state index contributed by atoms with van der Waals surface area (Å²) >= 11 is 6.18. The highest BCUT2D eigenvalue weighted by molar-refractivity contribution is 6.33. The number of halogens is 1. The van der Waals surface area contributed by atoms with Crippen molar-refractivity contribution in [1.29, 1.82) is 0 Å². The van der Waals surface area contributed by atoms with Crippen LogP contribution in [0.15, 0.2) is 59.1 Å². The van der Waals surface area contributed by atoms with Gasteiger partial charge in [-0.15, -0.1) is 0 Å². The average Bonchev–Trinajstić information content (AvgIpc) is 3.21. The van der Waals surface area contributed by atoms with Crippen molar-refractivity contribution < 1.29 is 13.9 Å². The van der Waals surface area contributed by atoms with Gasteiger partial charge in [-0.25, -0.2) is 4.98 Å². The van der Waals surface area contributed by atoms with Gasteiger partial charge in [0.15, 0.2) is 5.76 Å². The third kappa shape index (κ3) is 4.42. The number of ether oxygens (including phenoxy) is 1. The van der Waals surface area contributed by atoms with E-state index < -0.39 is 0 Å². The van der Waals surface area contributed by atoms with Crippen molar-refractivity contribution >= 4 is 23.3 Å². The molecule has 0 spiro atoms. The Labute approximate surface area is 168 Å². The molecule has 0 radical (unpaired) electrons. The lowest BCUT2D eigenvalue weighted by atomic mass is 10.2. The minimum Gasteiger partial charge on any atom is -0.451 e. The first kappa shape index (κ1) is 18.7. The highest BCUT2D eigenvalue weighted by Gasteiger charge is 2.15. The van der Waals surface area contributed by atoms with E-state index in [2.05, 4.69) is 15.2 Å². The number of morpholine rings is 1. The summed E-state index contributed by atoms with van der Waals surface area (Å²) in [6, 6.07) is 14.5. The first-order valence-corrected chi connectivity index (χ1v) is 9.48. The summed E-state index contributed by atoms with van der Waals surface area (Å²) in [6.45, 7) is 4.20. The third-order valence-electron chi connectivity index (χ3n) is 4.55. The molecule has 3 heterocycles. The number of aromatic nitrogens is 1. The number of nitrogens with one attached hydrogen (secondary N) is 1. The second-order valence-electron chi connectivity index (χ2n) is 6.54. The van der Waals surface area contributed by atoms with Crippen LogP contribution in [0.1, 0.15) is 16.1 Å². The summed E-state index contributed by atoms with van der Waals surface area (Å²) in [7, 11) is 0. The molecular formula is C21H20ClN3O3. The molecule has 7 heteroatoms. The molecule has 144 valence electrons. The minimum absolute atomic E-state index is 0.203. The lowest BCUT2D eigenvalue weighted by Crippen LogP contribution is -2.35. The SMILES string of the molecule is O=C(Nc1ccc(CN2CCOCC2)cn1)c1ccc(-c2ccccc2Cl)o1. The van der Waals surface area contributed by atoms with Gasteiger partial charge in [-0.3, -0.25) is 9.69 Å². The molecule has 4 rings (SSSR count). The smallest absolute Gasteiger partial charge is 0.292 e. The Morgan fingerprint density at radius 1 is 1.11 bits per heavy atom. The number of anilines is 1. The van der Waals surface area contributed by atoms with E-state index in [1.165, 1.54) is 0 Å². The summed E-state index contributed by atoms with van der Waals surface area (Å²) in [5.74, 6) is 0.872. The fourth-order valence-corrected chi connectivity index (χ4v) is 3.28. The number of rotatable bonds is 5. The summed E-state index contributed by atoms with van der Waals surface area (Å²) in [6.07, 6.45) is 1.78. The molecule has 0 aliphatic carbocycles. The zero-order valence-corrected chi connectivity index (χ0v) is 16.0. The second kappa shape index (κ2) is 8.56. The van der Waals surface area contributed by atoms with E-state index in [0.29, 0.717) is 16.6 Å². The van der Waals surface area contributed by atoms with Crippen LogP contribution >= 0.6 is 11.6 Å². The van der Waals surface area contributed by atoms with Crippen molar-refractivity contribution in [2.24, 2.45) is 0 Å². The molecule has 1 saturated heterocycles. The van der Waals surface area contributed by atoms with Gasteiger partial charge in [-0.05, 0) is 35.9 Å². The fraction of sp³-hybridized carbons (Fsp3) is 0.238. The molecule has 0 unspecified atom stereocenters. The average molecular weight is 398 g/mol. The predicted octanol–water partition coefficient (Wildman–Crippen LogP) is 4.08. The van der Waals surface area contributed by atoms with Gasteiger partial charge in [0.25, 0.3) is 5.91 Å². The Morgan fingerprint density at radius 2 is 1.93 bits per heavy atom. The molecule has 1 aliphatic heterocycles. The first-order valence-electron chi connectivity index (χ1n) is 9.10. The molecule has 1 aromatic carbocycles. The molecule has 1 fully saturated rings. The van der Waals surface area contributed by atoms with Crippen LogP contribution in [0.5, 0.6) is 0 Å². The van der Waals surface area contributed by atoms with E-state index in [4.69, 9.17) is 20.8 Å². The van der Waals surface area contributed by atoms with Crippen molar-refractivity contribution in [2.45, 2.75) is 6.54 Å². The maximum atomic E-state index is 12.4. The number of furan rings is 1. The maximum absolute atomic E-state index is 12.4. The van der Waals surface area contributed by atoms with Crippen LogP contribution in [0.4, 0.5) is 5.82 Å². The maximum Gasteiger partial charge on any atom is 0.292 e. The van der Waals surface area contributed by atoms with Crippen molar-refractivity contribution in [3.8, 4) is 11.3 Å². The van der Waals surface area contributed by atoms with Gasteiger partial charge < -0.3 is 14.5 Å². The van der Waals surface area contributed by atoms with Crippen molar-refractivity contribution in [2.75, 3.05) is 31.6 Å². The van der Waals surface area contributed by atoms with Crippen LogP contribution in [0.3, 0.4) is 0 Å². The van der Waals surface area contributed by atoms with Gasteiger partial charge in [0.1, 0.15) is 11.6 Å². The number of amides is 1. The van der Waals surface area contributed by atoms with E-state index in [-0.39, 0.29) is 11.7 Å². The molecular weight excluding hydrogens is 378 g/mol. The van der Waals surface area contributed by atoms with Gasteiger partial charge in [-0.2, -0.15) is 0 Å². The number of benzene rings is 1. The first-order chi connectivity index (χ1) is 13.7. The number of hydrogen-bond acceptors (Lipinski definition) is 5. The van der Waals surface area contributed by atoms with Gasteiger partial charge in [0.05, 0.1) is 18.2 Å². The number of pyridine rings is 1. The van der Waals surface area contributed by atoms with Crippen LogP contribution < -0.4 is 5.32 Å². The number of nitrogens with zero attached hydrogens (tertiary/aromatic N) is 2. The van der Waals surface area contributed by atoms with Crippen molar-refractivity contribution in [1.82, 2.24) is 9.88 Å². The van der Waals surface area contributed by atoms with Crippen LogP contribution in [0.2, 0.25) is 5.02 Å². The van der Waals surface area contributed by atoms with Gasteiger partial charge in [0, 0.05) is 31.4 Å². The summed E-state index contributed by atoms with van der Waals surface area (Å²) < 4.78 is 11.0. The summed E-state index contributed by atoms with van der Waals surface area (Å²) in [5, 5.41) is 3.33. The fourth-order valence-electron chi connectivity index (χ4n) is 3.05. The molecule has 2 aromatic heterocycles. The normalized spacial score (nSPS) is 14.8. The molecule has 1 aliphatic rings. The molecule has 3 aromatic rings. The molecule has 6 nitrogen and oxygen atoms in total. The van der Waals surface area contributed by atoms with E-state index in [0.717, 1.165) is 44.0 Å². The number of carbonyl (C=O) groups excluding carboxylic acids is 1. The Hall–Kier alpha value is -2.67. The van der Waals surface area contributed by atoms with Crippen LogP contribution in [-0.4, -0.2) is 42.1 Å². The predicted molar refractivity (Wildman–Crippen MR) is 107 cm³/mol. The van der Waals surface area contributed by atoms with Crippen molar-refractivity contribution in [3.63, 3.8) is 0 Å². The monoisotopic (exact) mass is 397 g/mol. The Balaban J connectivity index is 1.39. The number of carbonyl (C=O) groups is 1. The van der Waals surface area contributed by atoms with E-state index in [1.807, 2.05) is 24.3 Å². The highest BCUT2D eigenvalue weighted by atomic mass is 35.5. The highest BCUT2D eigenvalue weighted by Crippen LogP contribution is 2.29. The molecule has 0 atom stereocenters. The van der Waals surface area contributed by atoms with E-state index >= 15 is 0 Å². The quantitative estimate of drug-likeness (QED) is 0.702. The zero-order valence-electron chi connectivity index (χ0n) is 15.2. The van der Waals surface area contributed by atoms with Gasteiger partial charge in [-0.1, -0.05) is 29.8 Å². The van der Waals surface area contributed by atoms with Crippen LogP contribution in [0.25, 0.3) is 11.3 Å². The van der Waals surface area contributed by atoms with Gasteiger partial charge in [0.2, 0.25) is 0 Å². The standard InChI is InChI=1S/C21H20ClN3O3/c22-17-4-2-1-3-16(17)18-6-7-19(28-18)21(26)24-20-8-5-15(13-23-20)14-25-9-11-27-12-10-25/h1-8,13H,9-12,14H2,(H,23,24,26). The second-order valence-corrected chi connectivity index (χ2v) is 6.95. The molecule has 28 heavy (non-hydrogen) atoms. The van der Waals surface area contributed by atoms with Crippen LogP contribution in [0, 0.1) is 0 Å². The summed E-state index contributed by atoms with van der Waals surface area (Å²) in [5.41, 5.74) is 1.84. The topological polar surface area (TPSA) is 67.6 Å². The molecule has 1 amide bonds. The molecule has 1 N–H and O–H groups in total. The molecule has 0 bridgehead atoms. The summed E-state index contributed by atoms with van der Waals surface area (Å²) in [4.78, 5) is 19.1. The minimum atomic E-state index is -0.355. The largest absolute Gasteiger partial charge is 0.451 e. The van der Waals surface area contributed by atoms with E-state index in [1.54, 1.807) is 30.5 Å². The Bertz CT molecular complexity index is 950. The number of hydrogen-bond donors (Lipinski definition) is 1. The lowest BCUT2D eigenvalue weighted by molar-refractivity contribution is 0.0341. The Morgan fingerprint density at radius 3 is 2.68 bits per heavy atom. The lowest BCUT2D eigenvalue weighted by Gasteiger charge is -2.26. The molecule has 0 saturated carbocycles. The third-order valence-corrected chi connectivity index (χ3v) is 4.87. The van der Waals surface area contributed by atoms with Gasteiger partial charge >= 0.3 is 0 Å². The van der Waals surface area contributed by atoms with Crippen LogP contribution in [-0.2, 0) is 11.3 Å². The Kier molecular flexibility index (Phi) is 5.71. The zero-order chi connectivity index (χ0) is 19.3. The van der Waals surface area contributed by atoms with E-state index in [9.17, 15) is 4.79 Å².